The number of anilines is 4. The normalized spacial score (nSPS) is 13.8. The van der Waals surface area contributed by atoms with E-state index in [4.69, 9.17) is 23.1 Å². The third kappa shape index (κ3) is 5.09. The van der Waals surface area contributed by atoms with E-state index in [0.29, 0.717) is 29.3 Å². The minimum absolute atomic E-state index is 0.0634. The number of halogens is 1. The first-order valence-electron chi connectivity index (χ1n) is 10.5. The zero-order valence-electron chi connectivity index (χ0n) is 17.6. The van der Waals surface area contributed by atoms with Crippen LogP contribution in [0, 0.1) is 0 Å². The molecule has 32 heavy (non-hydrogen) atoms. The first kappa shape index (κ1) is 21.9. The predicted molar refractivity (Wildman–Crippen MR) is 129 cm³/mol. The van der Waals surface area contributed by atoms with Gasteiger partial charge < -0.3 is 27.0 Å². The molecule has 9 heteroatoms. The second kappa shape index (κ2) is 9.84. The molecule has 3 aromatic rings. The molecule has 6 N–H and O–H groups in total. The lowest BCUT2D eigenvalue weighted by Gasteiger charge is -2.15. The molecule has 2 heterocycles. The third-order valence-electron chi connectivity index (χ3n) is 5.53. The highest BCUT2D eigenvalue weighted by Gasteiger charge is 2.13. The summed E-state index contributed by atoms with van der Waals surface area (Å²) in [4.78, 5) is 22.8. The van der Waals surface area contributed by atoms with Crippen LogP contribution < -0.4 is 22.1 Å². The van der Waals surface area contributed by atoms with Gasteiger partial charge in [-0.1, -0.05) is 29.8 Å². The van der Waals surface area contributed by atoms with Crippen molar-refractivity contribution in [2.75, 3.05) is 43.0 Å². The van der Waals surface area contributed by atoms with Crippen LogP contribution in [0.4, 0.5) is 22.9 Å². The second-order valence-electron chi connectivity index (χ2n) is 7.74. The van der Waals surface area contributed by atoms with Gasteiger partial charge in [0.15, 0.2) is 11.0 Å². The number of amides is 1. The number of nitrogens with zero attached hydrogens (tertiary/aromatic N) is 3. The van der Waals surface area contributed by atoms with Crippen molar-refractivity contribution in [3.8, 4) is 11.1 Å². The Bertz CT molecular complexity index is 1100. The SMILES string of the molecule is Nc1ccc(-c2ccc(C(=O)NCCN3CCCC3)cc2)cc1Nc1ncnc(Cl)c1N. The maximum Gasteiger partial charge on any atom is 0.251 e. The maximum atomic E-state index is 12.4. The van der Waals surface area contributed by atoms with Crippen LogP contribution in [0.3, 0.4) is 0 Å². The molecule has 0 spiro atoms. The number of nitrogens with one attached hydrogen (secondary N) is 2. The Morgan fingerprint density at radius 2 is 1.75 bits per heavy atom. The van der Waals surface area contributed by atoms with Crippen molar-refractivity contribution in [3.63, 3.8) is 0 Å². The molecule has 1 fully saturated rings. The average Bonchev–Trinajstić information content (AvgIpc) is 3.32. The summed E-state index contributed by atoms with van der Waals surface area (Å²) < 4.78 is 0. The summed E-state index contributed by atoms with van der Waals surface area (Å²) in [6.45, 7) is 3.80. The summed E-state index contributed by atoms with van der Waals surface area (Å²) in [6, 6.07) is 13.1. The monoisotopic (exact) mass is 451 g/mol. The summed E-state index contributed by atoms with van der Waals surface area (Å²) in [5, 5.41) is 6.28. The maximum absolute atomic E-state index is 12.4. The second-order valence-corrected chi connectivity index (χ2v) is 8.09. The Morgan fingerprint density at radius 3 is 2.50 bits per heavy atom. The van der Waals surface area contributed by atoms with Gasteiger partial charge in [0.2, 0.25) is 0 Å². The Labute approximate surface area is 192 Å². The van der Waals surface area contributed by atoms with Crippen LogP contribution in [0.25, 0.3) is 11.1 Å². The van der Waals surface area contributed by atoms with Gasteiger partial charge in [0.25, 0.3) is 5.91 Å². The van der Waals surface area contributed by atoms with Crippen molar-refractivity contribution in [2.24, 2.45) is 0 Å². The molecule has 0 atom stereocenters. The Balaban J connectivity index is 1.43. The van der Waals surface area contributed by atoms with Gasteiger partial charge in [0.1, 0.15) is 12.0 Å². The number of hydrogen-bond donors (Lipinski definition) is 4. The highest BCUT2D eigenvalue weighted by molar-refractivity contribution is 6.32. The Hall–Kier alpha value is -3.36. The molecule has 0 saturated carbocycles. The van der Waals surface area contributed by atoms with E-state index in [0.717, 1.165) is 30.8 Å². The van der Waals surface area contributed by atoms with Gasteiger partial charge in [-0.2, -0.15) is 0 Å². The molecule has 1 aliphatic rings. The summed E-state index contributed by atoms with van der Waals surface area (Å²) in [5.41, 5.74) is 16.0. The largest absolute Gasteiger partial charge is 0.397 e. The lowest BCUT2D eigenvalue weighted by molar-refractivity contribution is 0.0950. The number of benzene rings is 2. The molecule has 2 aromatic carbocycles. The van der Waals surface area contributed by atoms with Gasteiger partial charge in [0.05, 0.1) is 11.4 Å². The van der Waals surface area contributed by atoms with E-state index >= 15 is 0 Å². The topological polar surface area (TPSA) is 122 Å². The predicted octanol–water partition coefficient (Wildman–Crippen LogP) is 3.53. The van der Waals surface area contributed by atoms with Crippen LogP contribution in [-0.4, -0.2) is 47.0 Å². The van der Waals surface area contributed by atoms with Crippen LogP contribution in [0.2, 0.25) is 5.15 Å². The fraction of sp³-hybridized carbons (Fsp3) is 0.261. The molecule has 1 saturated heterocycles. The number of likely N-dealkylation sites (tertiary alicyclic amines) is 1. The van der Waals surface area contributed by atoms with Gasteiger partial charge >= 0.3 is 0 Å². The van der Waals surface area contributed by atoms with Crippen molar-refractivity contribution in [3.05, 3.63) is 59.5 Å². The molecular formula is C23H26ClN7O. The molecule has 166 valence electrons. The summed E-state index contributed by atoms with van der Waals surface area (Å²) in [6.07, 6.45) is 3.83. The van der Waals surface area contributed by atoms with Crippen molar-refractivity contribution in [1.29, 1.82) is 0 Å². The molecule has 1 aliphatic heterocycles. The summed E-state index contributed by atoms with van der Waals surface area (Å²) in [7, 11) is 0. The van der Waals surface area contributed by atoms with E-state index in [1.165, 1.54) is 19.2 Å². The third-order valence-corrected chi connectivity index (χ3v) is 5.84. The van der Waals surface area contributed by atoms with E-state index < -0.39 is 0 Å². The number of nitrogen functional groups attached to an aromatic ring is 2. The highest BCUT2D eigenvalue weighted by atomic mass is 35.5. The van der Waals surface area contributed by atoms with Crippen molar-refractivity contribution >= 4 is 40.4 Å². The average molecular weight is 452 g/mol. The van der Waals surface area contributed by atoms with Gasteiger partial charge in [-0.3, -0.25) is 4.79 Å². The van der Waals surface area contributed by atoms with Crippen molar-refractivity contribution in [1.82, 2.24) is 20.2 Å². The van der Waals surface area contributed by atoms with Gasteiger partial charge in [0, 0.05) is 18.7 Å². The van der Waals surface area contributed by atoms with Gasteiger partial charge in [-0.15, -0.1) is 0 Å². The van der Waals surface area contributed by atoms with Gasteiger partial charge in [-0.05, 0) is 61.3 Å². The molecule has 8 nitrogen and oxygen atoms in total. The van der Waals surface area contributed by atoms with Crippen LogP contribution in [0.5, 0.6) is 0 Å². The number of rotatable bonds is 7. The van der Waals surface area contributed by atoms with Crippen LogP contribution in [0.15, 0.2) is 48.8 Å². The van der Waals surface area contributed by atoms with Crippen LogP contribution >= 0.6 is 11.6 Å². The van der Waals surface area contributed by atoms with E-state index in [-0.39, 0.29) is 16.7 Å². The number of nitrogens with two attached hydrogens (primary N) is 2. The molecule has 0 bridgehead atoms. The van der Waals surface area contributed by atoms with E-state index in [1.807, 2.05) is 36.4 Å². The summed E-state index contributed by atoms with van der Waals surface area (Å²) in [5.74, 6) is 0.321. The first-order valence-corrected chi connectivity index (χ1v) is 10.9. The Kier molecular flexibility index (Phi) is 6.72. The Morgan fingerprint density at radius 1 is 1.03 bits per heavy atom. The molecule has 0 aliphatic carbocycles. The fourth-order valence-electron chi connectivity index (χ4n) is 3.70. The van der Waals surface area contributed by atoms with Crippen molar-refractivity contribution < 1.29 is 4.79 Å². The molecular weight excluding hydrogens is 426 g/mol. The van der Waals surface area contributed by atoms with E-state index in [9.17, 15) is 4.79 Å². The smallest absolute Gasteiger partial charge is 0.251 e. The van der Waals surface area contributed by atoms with E-state index in [2.05, 4.69) is 25.5 Å². The minimum atomic E-state index is -0.0634. The van der Waals surface area contributed by atoms with Crippen LogP contribution in [-0.2, 0) is 0 Å². The number of carbonyl (C=O) groups excluding carboxylic acids is 1. The molecule has 1 aromatic heterocycles. The molecule has 0 radical (unpaired) electrons. The zero-order valence-corrected chi connectivity index (χ0v) is 18.4. The lowest BCUT2D eigenvalue weighted by atomic mass is 10.0. The number of hydrogen-bond acceptors (Lipinski definition) is 7. The number of carbonyl (C=O) groups is 1. The van der Waals surface area contributed by atoms with Crippen LogP contribution in [0.1, 0.15) is 23.2 Å². The van der Waals surface area contributed by atoms with Crippen molar-refractivity contribution in [2.45, 2.75) is 12.8 Å². The molecule has 4 rings (SSSR count). The van der Waals surface area contributed by atoms with E-state index in [1.54, 1.807) is 6.07 Å². The highest BCUT2D eigenvalue weighted by Crippen LogP contribution is 2.32. The standard InChI is InChI=1S/C23H26ClN7O/c24-21-20(26)22(29-14-28-21)30-19-13-17(7-8-18(19)25)15-3-5-16(6-4-15)23(32)27-9-12-31-10-1-2-11-31/h3-8,13-14H,1-2,9-12,25-26H2,(H,27,32)(H,28,29,30). The first-order chi connectivity index (χ1) is 15.5. The lowest BCUT2D eigenvalue weighted by Crippen LogP contribution is -2.33. The number of aromatic nitrogens is 2. The van der Waals surface area contributed by atoms with Gasteiger partial charge in [-0.25, -0.2) is 9.97 Å². The minimum Gasteiger partial charge on any atom is -0.397 e. The quantitative estimate of drug-likeness (QED) is 0.320. The molecule has 0 unspecified atom stereocenters. The fourth-order valence-corrected chi connectivity index (χ4v) is 3.83. The summed E-state index contributed by atoms with van der Waals surface area (Å²) >= 11 is 5.97. The zero-order chi connectivity index (χ0) is 22.5. The molecule has 1 amide bonds.